The second-order valence-corrected chi connectivity index (χ2v) is 5.78. The standard InChI is InChI=1S/C15H17N.C2H6/c1-11-9-16-10-15(6-3-7-15)8-12-4-2-5-13(11)14(12)16;1-2/h2,4-5,9H,3,6-8,10H2,1H3;1-2H3. The second-order valence-electron chi connectivity index (χ2n) is 5.78. The minimum atomic E-state index is 0.618. The largest absolute Gasteiger partial charge is 0.346 e. The van der Waals surface area contributed by atoms with E-state index in [0.717, 1.165) is 0 Å². The van der Waals surface area contributed by atoms with Crippen LogP contribution in [-0.2, 0) is 13.0 Å². The number of nitrogens with zero attached hydrogens (tertiary/aromatic N) is 1. The van der Waals surface area contributed by atoms with E-state index in [2.05, 4.69) is 35.9 Å². The van der Waals surface area contributed by atoms with E-state index in [1.807, 2.05) is 13.8 Å². The summed E-state index contributed by atoms with van der Waals surface area (Å²) < 4.78 is 2.52. The SMILES string of the molecule is CC.Cc1cn2c3c(cccc13)CC1(CCC1)C2. The van der Waals surface area contributed by atoms with Crippen molar-refractivity contribution in [3.8, 4) is 0 Å². The summed E-state index contributed by atoms with van der Waals surface area (Å²) in [4.78, 5) is 0. The van der Waals surface area contributed by atoms with Crippen LogP contribution in [0.3, 0.4) is 0 Å². The quantitative estimate of drug-likeness (QED) is 0.630. The van der Waals surface area contributed by atoms with Gasteiger partial charge in [0, 0.05) is 18.1 Å². The maximum absolute atomic E-state index is 2.52. The Bertz CT molecular complexity index is 573. The van der Waals surface area contributed by atoms with Crippen molar-refractivity contribution in [2.24, 2.45) is 5.41 Å². The second kappa shape index (κ2) is 4.15. The van der Waals surface area contributed by atoms with Crippen molar-refractivity contribution in [2.75, 3.05) is 0 Å². The summed E-state index contributed by atoms with van der Waals surface area (Å²) in [5.41, 5.74) is 5.15. The zero-order valence-electron chi connectivity index (χ0n) is 11.8. The van der Waals surface area contributed by atoms with E-state index in [1.54, 1.807) is 5.56 Å². The smallest absolute Gasteiger partial charge is 0.0515 e. The summed E-state index contributed by atoms with van der Waals surface area (Å²) in [6.07, 6.45) is 7.97. The average Bonchev–Trinajstić information content (AvgIpc) is 2.69. The first-order valence-electron chi connectivity index (χ1n) is 7.35. The lowest BCUT2D eigenvalue weighted by Gasteiger charge is -2.45. The molecule has 2 heterocycles. The third-order valence-corrected chi connectivity index (χ3v) is 4.67. The summed E-state index contributed by atoms with van der Waals surface area (Å²) in [7, 11) is 0. The Kier molecular flexibility index (Phi) is 2.73. The molecule has 1 aliphatic heterocycles. The van der Waals surface area contributed by atoms with Crippen molar-refractivity contribution in [1.29, 1.82) is 0 Å². The summed E-state index contributed by atoms with van der Waals surface area (Å²) in [6.45, 7) is 7.50. The molecule has 4 rings (SSSR count). The van der Waals surface area contributed by atoms with E-state index in [9.17, 15) is 0 Å². The molecule has 1 nitrogen and oxygen atoms in total. The number of benzene rings is 1. The van der Waals surface area contributed by atoms with Gasteiger partial charge in [-0.15, -0.1) is 0 Å². The maximum Gasteiger partial charge on any atom is 0.0515 e. The van der Waals surface area contributed by atoms with Crippen molar-refractivity contribution >= 4 is 10.9 Å². The van der Waals surface area contributed by atoms with Crippen LogP contribution in [0.2, 0.25) is 0 Å². The Labute approximate surface area is 110 Å². The van der Waals surface area contributed by atoms with Gasteiger partial charge in [-0.25, -0.2) is 0 Å². The van der Waals surface area contributed by atoms with Crippen molar-refractivity contribution in [2.45, 2.75) is 53.0 Å². The summed E-state index contributed by atoms with van der Waals surface area (Å²) in [5.74, 6) is 0. The zero-order chi connectivity index (χ0) is 12.8. The van der Waals surface area contributed by atoms with Crippen LogP contribution in [0.5, 0.6) is 0 Å². The van der Waals surface area contributed by atoms with Gasteiger partial charge in [0.25, 0.3) is 0 Å². The lowest BCUT2D eigenvalue weighted by molar-refractivity contribution is 0.102. The third-order valence-electron chi connectivity index (χ3n) is 4.67. The number of rotatable bonds is 0. The van der Waals surface area contributed by atoms with Crippen LogP contribution in [0.25, 0.3) is 10.9 Å². The predicted molar refractivity (Wildman–Crippen MR) is 78.0 cm³/mol. The summed E-state index contributed by atoms with van der Waals surface area (Å²) in [5, 5.41) is 1.46. The van der Waals surface area contributed by atoms with Gasteiger partial charge in [0.05, 0.1) is 5.52 Å². The fourth-order valence-electron chi connectivity index (χ4n) is 3.72. The Morgan fingerprint density at radius 3 is 2.61 bits per heavy atom. The van der Waals surface area contributed by atoms with E-state index in [-0.39, 0.29) is 0 Å². The van der Waals surface area contributed by atoms with Gasteiger partial charge in [-0.05, 0) is 42.7 Å². The van der Waals surface area contributed by atoms with E-state index >= 15 is 0 Å². The van der Waals surface area contributed by atoms with Crippen LogP contribution in [0.1, 0.15) is 44.2 Å². The van der Waals surface area contributed by atoms with Gasteiger partial charge >= 0.3 is 0 Å². The van der Waals surface area contributed by atoms with Crippen molar-refractivity contribution < 1.29 is 0 Å². The molecule has 1 aromatic carbocycles. The molecule has 1 fully saturated rings. The van der Waals surface area contributed by atoms with Crippen LogP contribution in [0.15, 0.2) is 24.4 Å². The van der Waals surface area contributed by atoms with E-state index in [4.69, 9.17) is 0 Å². The fourth-order valence-corrected chi connectivity index (χ4v) is 3.72. The molecule has 0 bridgehead atoms. The monoisotopic (exact) mass is 241 g/mol. The van der Waals surface area contributed by atoms with Gasteiger partial charge in [0.2, 0.25) is 0 Å². The first-order chi connectivity index (χ1) is 8.77. The average molecular weight is 241 g/mol. The number of hydrogen-bond donors (Lipinski definition) is 0. The van der Waals surface area contributed by atoms with Gasteiger partial charge in [0.15, 0.2) is 0 Å². The molecule has 1 saturated carbocycles. The van der Waals surface area contributed by atoms with Crippen molar-refractivity contribution in [1.82, 2.24) is 4.57 Å². The molecule has 0 radical (unpaired) electrons. The zero-order valence-corrected chi connectivity index (χ0v) is 11.8. The summed E-state index contributed by atoms with van der Waals surface area (Å²) >= 11 is 0. The Morgan fingerprint density at radius 2 is 1.94 bits per heavy atom. The normalized spacial score (nSPS) is 19.3. The molecule has 0 N–H and O–H groups in total. The van der Waals surface area contributed by atoms with Gasteiger partial charge < -0.3 is 4.57 Å². The molecule has 0 saturated heterocycles. The molecule has 1 spiro atoms. The highest BCUT2D eigenvalue weighted by Crippen LogP contribution is 2.49. The number of aromatic nitrogens is 1. The van der Waals surface area contributed by atoms with Crippen LogP contribution in [0.4, 0.5) is 0 Å². The Balaban J connectivity index is 0.000000478. The minimum absolute atomic E-state index is 0.618. The topological polar surface area (TPSA) is 4.93 Å². The molecule has 0 atom stereocenters. The van der Waals surface area contributed by atoms with E-state index in [1.165, 1.54) is 48.7 Å². The first kappa shape index (κ1) is 11.8. The predicted octanol–water partition coefficient (Wildman–Crippen LogP) is 4.70. The molecular formula is C17H23N. The highest BCUT2D eigenvalue weighted by atomic mass is 15.0. The van der Waals surface area contributed by atoms with Crippen LogP contribution in [0, 0.1) is 12.3 Å². The van der Waals surface area contributed by atoms with Gasteiger partial charge in [-0.1, -0.05) is 38.5 Å². The molecule has 1 heteroatoms. The molecule has 96 valence electrons. The Morgan fingerprint density at radius 1 is 1.17 bits per heavy atom. The molecule has 18 heavy (non-hydrogen) atoms. The molecule has 0 amide bonds. The third kappa shape index (κ3) is 1.53. The molecule has 2 aromatic rings. The number of hydrogen-bond acceptors (Lipinski definition) is 0. The van der Waals surface area contributed by atoms with Crippen LogP contribution in [-0.4, -0.2) is 4.57 Å². The summed E-state index contributed by atoms with van der Waals surface area (Å²) in [6, 6.07) is 6.83. The van der Waals surface area contributed by atoms with Crippen molar-refractivity contribution in [3.63, 3.8) is 0 Å². The number of aryl methyl sites for hydroxylation is 1. The van der Waals surface area contributed by atoms with E-state index in [0.29, 0.717) is 5.41 Å². The van der Waals surface area contributed by atoms with Crippen LogP contribution < -0.4 is 0 Å². The molecule has 1 aromatic heterocycles. The molecular weight excluding hydrogens is 218 g/mol. The lowest BCUT2D eigenvalue weighted by Crippen LogP contribution is -2.38. The molecule has 2 aliphatic rings. The lowest BCUT2D eigenvalue weighted by atomic mass is 9.64. The maximum atomic E-state index is 2.52. The minimum Gasteiger partial charge on any atom is -0.346 e. The first-order valence-corrected chi connectivity index (χ1v) is 7.35. The molecule has 1 aliphatic carbocycles. The van der Waals surface area contributed by atoms with Gasteiger partial charge in [0.1, 0.15) is 0 Å². The fraction of sp³-hybridized carbons (Fsp3) is 0.529. The van der Waals surface area contributed by atoms with E-state index < -0.39 is 0 Å². The van der Waals surface area contributed by atoms with Gasteiger partial charge in [-0.3, -0.25) is 0 Å². The highest BCUT2D eigenvalue weighted by molar-refractivity contribution is 5.87. The number of para-hydroxylation sites is 1. The molecule has 0 unspecified atom stereocenters. The van der Waals surface area contributed by atoms with Gasteiger partial charge in [-0.2, -0.15) is 0 Å². The highest BCUT2D eigenvalue weighted by Gasteiger charge is 2.40. The Hall–Kier alpha value is -1.24. The van der Waals surface area contributed by atoms with Crippen molar-refractivity contribution in [3.05, 3.63) is 35.5 Å². The van der Waals surface area contributed by atoms with Crippen LogP contribution >= 0.6 is 0 Å².